The van der Waals surface area contributed by atoms with Crippen molar-refractivity contribution in [3.8, 4) is 0 Å². The zero-order valence-electron chi connectivity index (χ0n) is 10.1. The molecule has 1 saturated heterocycles. The van der Waals surface area contributed by atoms with Crippen LogP contribution in [0.2, 0.25) is 0 Å². The molecule has 1 aliphatic carbocycles. The third kappa shape index (κ3) is 2.38. The van der Waals surface area contributed by atoms with Gasteiger partial charge in [0, 0.05) is 5.25 Å². The van der Waals surface area contributed by atoms with Crippen LogP contribution >= 0.6 is 11.8 Å². The topological polar surface area (TPSA) is 20.2 Å². The van der Waals surface area contributed by atoms with E-state index in [1.807, 2.05) is 11.8 Å². The predicted octanol–water partition coefficient (Wildman–Crippen LogP) is 3.88. The van der Waals surface area contributed by atoms with Crippen LogP contribution in [0.1, 0.15) is 55.3 Å². The highest BCUT2D eigenvalue weighted by molar-refractivity contribution is 8.00. The molecule has 0 amide bonds. The van der Waals surface area contributed by atoms with E-state index in [0.717, 1.165) is 11.5 Å². The normalized spacial score (nSPS) is 26.8. The van der Waals surface area contributed by atoms with Gasteiger partial charge in [-0.2, -0.15) is 11.8 Å². The van der Waals surface area contributed by atoms with Crippen molar-refractivity contribution in [1.29, 1.82) is 0 Å². The van der Waals surface area contributed by atoms with Gasteiger partial charge in [-0.25, -0.2) is 0 Å². The zero-order valence-corrected chi connectivity index (χ0v) is 11.0. The Hall–Kier alpha value is -0.470. The molecule has 1 aromatic carbocycles. The van der Waals surface area contributed by atoms with E-state index in [0.29, 0.717) is 5.25 Å². The molecule has 1 heterocycles. The third-order valence-corrected chi connectivity index (χ3v) is 5.59. The van der Waals surface area contributed by atoms with E-state index in [4.69, 9.17) is 0 Å². The van der Waals surface area contributed by atoms with Crippen molar-refractivity contribution >= 4 is 11.8 Å². The fraction of sp³-hybridized carbons (Fsp3) is 0.600. The summed E-state index contributed by atoms with van der Waals surface area (Å²) in [6.07, 6.45) is 6.20. The third-order valence-electron chi connectivity index (χ3n) is 4.15. The maximum atomic E-state index is 10.4. The molecule has 1 aliphatic heterocycles. The summed E-state index contributed by atoms with van der Waals surface area (Å²) in [5.41, 5.74) is 2.57. The van der Waals surface area contributed by atoms with Gasteiger partial charge in [-0.05, 0) is 48.5 Å². The van der Waals surface area contributed by atoms with Gasteiger partial charge in [-0.1, -0.05) is 30.7 Å². The van der Waals surface area contributed by atoms with Gasteiger partial charge in [0.15, 0.2) is 0 Å². The molecule has 2 unspecified atom stereocenters. The summed E-state index contributed by atoms with van der Waals surface area (Å²) in [4.78, 5) is 0. The van der Waals surface area contributed by atoms with Gasteiger partial charge >= 0.3 is 0 Å². The molecule has 0 spiro atoms. The Morgan fingerprint density at radius 3 is 2.71 bits per heavy atom. The SMILES string of the molecule is OC(c1cccc(C2CCC2)c1)C1CCCS1. The molecule has 1 nitrogen and oxygen atoms in total. The van der Waals surface area contributed by atoms with Gasteiger partial charge in [-0.15, -0.1) is 0 Å². The van der Waals surface area contributed by atoms with E-state index in [1.54, 1.807) is 0 Å². The van der Waals surface area contributed by atoms with Crippen molar-refractivity contribution in [2.24, 2.45) is 0 Å². The molecule has 0 bridgehead atoms. The monoisotopic (exact) mass is 248 g/mol. The molecular weight excluding hydrogens is 228 g/mol. The number of rotatable bonds is 3. The second-order valence-corrected chi connectivity index (χ2v) is 6.64. The summed E-state index contributed by atoms with van der Waals surface area (Å²) in [6, 6.07) is 8.67. The van der Waals surface area contributed by atoms with Crippen molar-refractivity contribution in [1.82, 2.24) is 0 Å². The lowest BCUT2D eigenvalue weighted by atomic mass is 9.79. The van der Waals surface area contributed by atoms with Gasteiger partial charge in [0.2, 0.25) is 0 Å². The van der Waals surface area contributed by atoms with Crippen LogP contribution in [0.4, 0.5) is 0 Å². The highest BCUT2D eigenvalue weighted by atomic mass is 32.2. The van der Waals surface area contributed by atoms with Gasteiger partial charge in [0.1, 0.15) is 0 Å². The number of benzene rings is 1. The number of thioether (sulfide) groups is 1. The summed E-state index contributed by atoms with van der Waals surface area (Å²) >= 11 is 1.93. The lowest BCUT2D eigenvalue weighted by Gasteiger charge is -2.27. The summed E-state index contributed by atoms with van der Waals surface area (Å²) in [5, 5.41) is 10.8. The quantitative estimate of drug-likeness (QED) is 0.876. The molecule has 1 saturated carbocycles. The average Bonchev–Trinajstić information content (AvgIpc) is 2.79. The van der Waals surface area contributed by atoms with Crippen LogP contribution < -0.4 is 0 Å². The molecule has 3 rings (SSSR count). The molecule has 1 aromatic rings. The van der Waals surface area contributed by atoms with E-state index in [1.165, 1.54) is 43.4 Å². The van der Waals surface area contributed by atoms with Crippen LogP contribution in [0.5, 0.6) is 0 Å². The van der Waals surface area contributed by atoms with Crippen molar-refractivity contribution in [3.05, 3.63) is 35.4 Å². The Morgan fingerprint density at radius 1 is 1.18 bits per heavy atom. The summed E-state index contributed by atoms with van der Waals surface area (Å²) in [5.74, 6) is 1.97. The van der Waals surface area contributed by atoms with Gasteiger partial charge in [0.05, 0.1) is 6.10 Å². The van der Waals surface area contributed by atoms with Gasteiger partial charge in [0.25, 0.3) is 0 Å². The fourth-order valence-corrected chi connectivity index (χ4v) is 4.11. The van der Waals surface area contributed by atoms with Crippen molar-refractivity contribution in [2.45, 2.75) is 49.4 Å². The Balaban J connectivity index is 1.76. The lowest BCUT2D eigenvalue weighted by Crippen LogP contribution is -2.13. The number of aliphatic hydroxyl groups is 1. The Labute approximate surface area is 108 Å². The molecule has 1 N–H and O–H groups in total. The summed E-state index contributed by atoms with van der Waals surface area (Å²) in [7, 11) is 0. The minimum atomic E-state index is -0.262. The molecule has 2 aliphatic rings. The summed E-state index contributed by atoms with van der Waals surface area (Å²) < 4.78 is 0. The minimum absolute atomic E-state index is 0.262. The highest BCUT2D eigenvalue weighted by Gasteiger charge is 2.26. The molecule has 0 radical (unpaired) electrons. The maximum absolute atomic E-state index is 10.4. The standard InChI is InChI=1S/C15H20OS/c16-15(14-8-3-9-17-14)13-7-2-6-12(10-13)11-4-1-5-11/h2,6-7,10-11,14-16H,1,3-5,8-9H2. The van der Waals surface area contributed by atoms with Crippen LogP contribution in [0.15, 0.2) is 24.3 Å². The van der Waals surface area contributed by atoms with Crippen LogP contribution in [-0.4, -0.2) is 16.1 Å². The molecule has 2 fully saturated rings. The molecule has 2 atom stereocenters. The molecular formula is C15H20OS. The second-order valence-electron chi connectivity index (χ2n) is 5.29. The Morgan fingerprint density at radius 2 is 2.06 bits per heavy atom. The first-order valence-corrected chi connectivity index (χ1v) is 7.79. The van der Waals surface area contributed by atoms with E-state index < -0.39 is 0 Å². The van der Waals surface area contributed by atoms with Crippen LogP contribution in [0.25, 0.3) is 0 Å². The molecule has 92 valence electrons. The predicted molar refractivity (Wildman–Crippen MR) is 73.5 cm³/mol. The van der Waals surface area contributed by atoms with E-state index >= 15 is 0 Å². The lowest BCUT2D eigenvalue weighted by molar-refractivity contribution is 0.173. The fourth-order valence-electron chi connectivity index (χ4n) is 2.80. The Kier molecular flexibility index (Phi) is 3.44. The molecule has 2 heteroatoms. The summed E-state index contributed by atoms with van der Waals surface area (Å²) in [6.45, 7) is 0. The number of hydrogen-bond donors (Lipinski definition) is 1. The largest absolute Gasteiger partial charge is 0.387 e. The molecule has 17 heavy (non-hydrogen) atoms. The smallest absolute Gasteiger partial charge is 0.0908 e. The first-order chi connectivity index (χ1) is 8.34. The van der Waals surface area contributed by atoms with E-state index in [9.17, 15) is 5.11 Å². The van der Waals surface area contributed by atoms with Crippen LogP contribution in [-0.2, 0) is 0 Å². The van der Waals surface area contributed by atoms with Crippen molar-refractivity contribution in [2.75, 3.05) is 5.75 Å². The second kappa shape index (κ2) is 5.03. The van der Waals surface area contributed by atoms with Gasteiger partial charge < -0.3 is 5.11 Å². The molecule has 0 aromatic heterocycles. The van der Waals surface area contributed by atoms with Crippen LogP contribution in [0, 0.1) is 0 Å². The van der Waals surface area contributed by atoms with E-state index in [-0.39, 0.29) is 6.10 Å². The zero-order chi connectivity index (χ0) is 11.7. The van der Waals surface area contributed by atoms with E-state index in [2.05, 4.69) is 24.3 Å². The maximum Gasteiger partial charge on any atom is 0.0908 e. The minimum Gasteiger partial charge on any atom is -0.387 e. The van der Waals surface area contributed by atoms with Crippen LogP contribution in [0.3, 0.4) is 0 Å². The number of aliphatic hydroxyl groups excluding tert-OH is 1. The first-order valence-electron chi connectivity index (χ1n) is 6.74. The highest BCUT2D eigenvalue weighted by Crippen LogP contribution is 2.39. The van der Waals surface area contributed by atoms with Crippen molar-refractivity contribution in [3.63, 3.8) is 0 Å². The first kappa shape index (κ1) is 11.6. The van der Waals surface area contributed by atoms with Crippen molar-refractivity contribution < 1.29 is 5.11 Å². The van der Waals surface area contributed by atoms with Gasteiger partial charge in [-0.3, -0.25) is 0 Å². The Bertz CT molecular complexity index is 380. The average molecular weight is 248 g/mol. The number of hydrogen-bond acceptors (Lipinski definition) is 2.